The maximum Gasteiger partial charge on any atom is 0.132 e. The van der Waals surface area contributed by atoms with E-state index >= 15 is 0 Å². The van der Waals surface area contributed by atoms with E-state index in [1.165, 1.54) is 14.8 Å². The maximum atomic E-state index is 5.02. The van der Waals surface area contributed by atoms with Crippen LogP contribution in [-0.4, -0.2) is 17.9 Å². The molecule has 0 amide bonds. The first-order valence-corrected chi connectivity index (χ1v) is 8.73. The molecule has 1 aliphatic heterocycles. The van der Waals surface area contributed by atoms with Crippen molar-refractivity contribution in [2.75, 3.05) is 4.90 Å². The Labute approximate surface area is 144 Å². The molecule has 0 bridgehead atoms. The van der Waals surface area contributed by atoms with Crippen LogP contribution in [0.2, 0.25) is 0 Å². The van der Waals surface area contributed by atoms with Crippen LogP contribution in [0.15, 0.2) is 80.9 Å². The van der Waals surface area contributed by atoms with Gasteiger partial charge in [0.15, 0.2) is 0 Å². The fourth-order valence-corrected chi connectivity index (χ4v) is 3.65. The highest BCUT2D eigenvalue weighted by atomic mass is 127. The molecule has 0 fully saturated rings. The summed E-state index contributed by atoms with van der Waals surface area (Å²) in [5.41, 5.74) is 2.57. The zero-order chi connectivity index (χ0) is 14.9. The SMILES string of the molecule is IC1=CC=C(C2=NC3C=CC=CC3N2c2ccccc2)CC1. The van der Waals surface area contributed by atoms with Crippen LogP contribution in [0.25, 0.3) is 0 Å². The molecule has 3 heteroatoms. The third-order valence-corrected chi connectivity index (χ3v) is 5.19. The molecule has 1 aromatic carbocycles. The van der Waals surface area contributed by atoms with E-state index < -0.39 is 0 Å². The number of benzene rings is 1. The molecule has 0 aromatic heterocycles. The summed E-state index contributed by atoms with van der Waals surface area (Å²) in [5.74, 6) is 1.14. The molecule has 1 aromatic rings. The van der Waals surface area contributed by atoms with Crippen molar-refractivity contribution in [1.29, 1.82) is 0 Å². The number of hydrogen-bond acceptors (Lipinski definition) is 2. The first kappa shape index (κ1) is 14.0. The van der Waals surface area contributed by atoms with Crippen LogP contribution in [0.4, 0.5) is 5.69 Å². The second-order valence-corrected chi connectivity index (χ2v) is 7.10. The summed E-state index contributed by atoms with van der Waals surface area (Å²) in [6.45, 7) is 0. The molecule has 1 heterocycles. The molecular formula is C19H17IN2. The van der Waals surface area contributed by atoms with E-state index in [2.05, 4.69) is 94.3 Å². The molecule has 0 N–H and O–H groups in total. The Morgan fingerprint density at radius 2 is 1.82 bits per heavy atom. The summed E-state index contributed by atoms with van der Waals surface area (Å²) in [7, 11) is 0. The van der Waals surface area contributed by atoms with Crippen LogP contribution in [-0.2, 0) is 0 Å². The summed E-state index contributed by atoms with van der Waals surface area (Å²) < 4.78 is 1.42. The average Bonchev–Trinajstić information content (AvgIpc) is 2.96. The van der Waals surface area contributed by atoms with Gasteiger partial charge in [0.2, 0.25) is 0 Å². The molecule has 2 unspecified atom stereocenters. The van der Waals surface area contributed by atoms with Gasteiger partial charge in [-0.3, -0.25) is 4.99 Å². The van der Waals surface area contributed by atoms with Crippen molar-refractivity contribution in [2.24, 2.45) is 4.99 Å². The van der Waals surface area contributed by atoms with E-state index in [0.29, 0.717) is 6.04 Å². The van der Waals surface area contributed by atoms with Crippen molar-refractivity contribution in [3.8, 4) is 0 Å². The van der Waals surface area contributed by atoms with E-state index in [9.17, 15) is 0 Å². The molecule has 2 aliphatic carbocycles. The zero-order valence-corrected chi connectivity index (χ0v) is 14.3. The third kappa shape index (κ3) is 2.47. The number of aliphatic imine (C=N–C) groups is 1. The molecule has 2 atom stereocenters. The van der Waals surface area contributed by atoms with Gasteiger partial charge < -0.3 is 4.90 Å². The Balaban J connectivity index is 1.77. The summed E-state index contributed by atoms with van der Waals surface area (Å²) in [6.07, 6.45) is 15.4. The van der Waals surface area contributed by atoms with Crippen molar-refractivity contribution in [3.63, 3.8) is 0 Å². The van der Waals surface area contributed by atoms with Gasteiger partial charge in [0, 0.05) is 5.69 Å². The standard InChI is InChI=1S/C19H17IN2/c20-15-12-10-14(11-13-15)19-21-17-8-4-5-9-18(17)22(19)16-6-2-1-3-7-16/h1-10,12,17-18H,11,13H2. The van der Waals surface area contributed by atoms with Gasteiger partial charge >= 0.3 is 0 Å². The molecular weight excluding hydrogens is 383 g/mol. The van der Waals surface area contributed by atoms with Gasteiger partial charge in [-0.25, -0.2) is 0 Å². The lowest BCUT2D eigenvalue weighted by Crippen LogP contribution is -2.39. The zero-order valence-electron chi connectivity index (χ0n) is 12.2. The number of allylic oxidation sites excluding steroid dienone is 5. The average molecular weight is 400 g/mol. The van der Waals surface area contributed by atoms with E-state index in [-0.39, 0.29) is 6.04 Å². The van der Waals surface area contributed by atoms with E-state index in [0.717, 1.165) is 18.7 Å². The van der Waals surface area contributed by atoms with Crippen LogP contribution in [0.3, 0.4) is 0 Å². The van der Waals surface area contributed by atoms with Gasteiger partial charge in [-0.2, -0.15) is 0 Å². The van der Waals surface area contributed by atoms with Crippen LogP contribution in [0, 0.1) is 0 Å². The minimum Gasteiger partial charge on any atom is -0.317 e. The number of para-hydroxylation sites is 1. The van der Waals surface area contributed by atoms with Crippen molar-refractivity contribution < 1.29 is 0 Å². The molecule has 3 aliphatic rings. The normalized spacial score (nSPS) is 26.4. The fraction of sp³-hybridized carbons (Fsp3) is 0.211. The van der Waals surface area contributed by atoms with Gasteiger partial charge in [0.05, 0.1) is 12.1 Å². The van der Waals surface area contributed by atoms with E-state index in [4.69, 9.17) is 4.99 Å². The number of rotatable bonds is 2. The molecule has 110 valence electrons. The highest BCUT2D eigenvalue weighted by Crippen LogP contribution is 2.34. The number of halogens is 1. The summed E-state index contributed by atoms with van der Waals surface area (Å²) in [5, 5.41) is 0. The monoisotopic (exact) mass is 400 g/mol. The lowest BCUT2D eigenvalue weighted by molar-refractivity contribution is 0.739. The fourth-order valence-electron chi connectivity index (χ4n) is 3.21. The van der Waals surface area contributed by atoms with Crippen molar-refractivity contribution >= 4 is 34.1 Å². The number of nitrogens with zero attached hydrogens (tertiary/aromatic N) is 2. The van der Waals surface area contributed by atoms with Crippen molar-refractivity contribution in [1.82, 2.24) is 0 Å². The van der Waals surface area contributed by atoms with Crippen LogP contribution < -0.4 is 4.90 Å². The highest BCUT2D eigenvalue weighted by molar-refractivity contribution is 14.1. The first-order valence-electron chi connectivity index (χ1n) is 7.65. The Kier molecular flexibility index (Phi) is 3.74. The van der Waals surface area contributed by atoms with Crippen LogP contribution >= 0.6 is 22.6 Å². The third-order valence-electron chi connectivity index (χ3n) is 4.30. The Morgan fingerprint density at radius 3 is 2.59 bits per heavy atom. The second-order valence-electron chi connectivity index (χ2n) is 5.71. The quantitative estimate of drug-likeness (QED) is 0.651. The Hall–Kier alpha value is -1.62. The largest absolute Gasteiger partial charge is 0.317 e. The number of hydrogen-bond donors (Lipinski definition) is 0. The molecule has 0 saturated heterocycles. The second kappa shape index (κ2) is 5.88. The van der Waals surface area contributed by atoms with Crippen molar-refractivity contribution in [2.45, 2.75) is 24.9 Å². The van der Waals surface area contributed by atoms with E-state index in [1.54, 1.807) is 0 Å². The maximum absolute atomic E-state index is 5.02. The van der Waals surface area contributed by atoms with Gasteiger partial charge in [0.1, 0.15) is 5.84 Å². The van der Waals surface area contributed by atoms with Gasteiger partial charge in [-0.15, -0.1) is 0 Å². The number of amidine groups is 1. The summed E-state index contributed by atoms with van der Waals surface area (Å²) >= 11 is 2.42. The van der Waals surface area contributed by atoms with Crippen LogP contribution in [0.1, 0.15) is 12.8 Å². The van der Waals surface area contributed by atoms with Gasteiger partial charge in [-0.1, -0.05) is 54.7 Å². The summed E-state index contributed by atoms with van der Waals surface area (Å²) in [6, 6.07) is 11.1. The predicted molar refractivity (Wildman–Crippen MR) is 102 cm³/mol. The first-order chi connectivity index (χ1) is 10.8. The molecule has 0 radical (unpaired) electrons. The summed E-state index contributed by atoms with van der Waals surface area (Å²) in [4.78, 5) is 7.41. The smallest absolute Gasteiger partial charge is 0.132 e. The van der Waals surface area contributed by atoms with Gasteiger partial charge in [0.25, 0.3) is 0 Å². The lowest BCUT2D eigenvalue weighted by atomic mass is 10.0. The molecule has 0 spiro atoms. The number of fused-ring (bicyclic) bond motifs is 1. The molecule has 0 saturated carbocycles. The minimum absolute atomic E-state index is 0.228. The molecule has 2 nitrogen and oxygen atoms in total. The highest BCUT2D eigenvalue weighted by Gasteiger charge is 2.36. The topological polar surface area (TPSA) is 15.6 Å². The van der Waals surface area contributed by atoms with Gasteiger partial charge in [-0.05, 0) is 56.7 Å². The molecule has 4 rings (SSSR count). The number of anilines is 1. The minimum atomic E-state index is 0.228. The molecule has 22 heavy (non-hydrogen) atoms. The lowest BCUT2D eigenvalue weighted by Gasteiger charge is -2.30. The van der Waals surface area contributed by atoms with Crippen molar-refractivity contribution in [3.05, 3.63) is 75.9 Å². The predicted octanol–water partition coefficient (Wildman–Crippen LogP) is 4.81. The van der Waals surface area contributed by atoms with Crippen LogP contribution in [0.5, 0.6) is 0 Å². The van der Waals surface area contributed by atoms with E-state index in [1.807, 2.05) is 0 Å². The Morgan fingerprint density at radius 1 is 1.00 bits per heavy atom. The Bertz CT molecular complexity index is 725.